The molecular weight excluding hydrogens is 314 g/mol. The smallest absolute Gasteiger partial charge is 0.223 e. The van der Waals surface area contributed by atoms with Gasteiger partial charge in [0.05, 0.1) is 18.9 Å². The Hall–Kier alpha value is -2.40. The van der Waals surface area contributed by atoms with Crippen LogP contribution in [0, 0.1) is 0 Å². The van der Waals surface area contributed by atoms with E-state index in [1.807, 2.05) is 36.4 Å². The van der Waals surface area contributed by atoms with Gasteiger partial charge in [0.2, 0.25) is 5.79 Å². The molecule has 0 spiro atoms. The molecule has 0 amide bonds. The van der Waals surface area contributed by atoms with Crippen LogP contribution in [0.4, 0.5) is 5.69 Å². The van der Waals surface area contributed by atoms with Crippen LogP contribution in [0.15, 0.2) is 60.7 Å². The number of hydrogen-bond acceptors (Lipinski definition) is 4. The molecule has 25 heavy (non-hydrogen) atoms. The first-order chi connectivity index (χ1) is 12.3. The van der Waals surface area contributed by atoms with Crippen LogP contribution in [-0.4, -0.2) is 18.4 Å². The lowest BCUT2D eigenvalue weighted by molar-refractivity contribution is -0.128. The molecule has 0 saturated carbocycles. The summed E-state index contributed by atoms with van der Waals surface area (Å²) < 4.78 is 12.4. The maximum atomic E-state index is 9.32. The third-order valence-corrected chi connectivity index (χ3v) is 4.82. The molecule has 1 aliphatic rings. The van der Waals surface area contributed by atoms with Gasteiger partial charge in [0.15, 0.2) is 0 Å². The number of hydrogen-bond donors (Lipinski definition) is 2. The largest absolute Gasteiger partial charge is 0.340 e. The second-order valence-corrected chi connectivity index (χ2v) is 6.18. The van der Waals surface area contributed by atoms with Gasteiger partial charge in [0.1, 0.15) is 0 Å². The van der Waals surface area contributed by atoms with Gasteiger partial charge in [-0.25, -0.2) is 0 Å². The van der Waals surface area contributed by atoms with E-state index in [2.05, 4.69) is 36.7 Å². The van der Waals surface area contributed by atoms with Crippen molar-refractivity contribution in [3.05, 3.63) is 77.4 Å². The fraction of sp³-hybridized carbons (Fsp3) is 0.238. The Morgan fingerprint density at radius 2 is 1.76 bits per heavy atom. The molecule has 128 valence electrons. The number of anilines is 1. The van der Waals surface area contributed by atoms with Crippen molar-refractivity contribution in [1.29, 1.82) is 0 Å². The molecular formula is C21H21NO3. The first-order valence-corrected chi connectivity index (χ1v) is 8.58. The third kappa shape index (κ3) is 2.59. The Labute approximate surface area is 147 Å². The number of ether oxygens (including phenoxy) is 2. The number of aryl methyl sites for hydroxylation is 1. The Morgan fingerprint density at radius 3 is 2.52 bits per heavy atom. The highest BCUT2D eigenvalue weighted by molar-refractivity contribution is 5.86. The number of nitrogens with one attached hydrogen (secondary N) is 1. The fourth-order valence-corrected chi connectivity index (χ4v) is 3.60. The van der Waals surface area contributed by atoms with Crippen LogP contribution in [0.2, 0.25) is 0 Å². The fourth-order valence-electron chi connectivity index (χ4n) is 3.60. The molecule has 0 aromatic heterocycles. The van der Waals surface area contributed by atoms with E-state index in [9.17, 15) is 5.21 Å². The number of fused-ring (bicyclic) bond motifs is 1. The summed E-state index contributed by atoms with van der Waals surface area (Å²) in [6, 6.07) is 20.3. The van der Waals surface area contributed by atoms with Crippen molar-refractivity contribution < 1.29 is 14.7 Å². The zero-order valence-corrected chi connectivity index (χ0v) is 14.2. The Bertz CT molecular complexity index is 895. The summed E-state index contributed by atoms with van der Waals surface area (Å²) in [6.07, 6.45) is 0.794. The monoisotopic (exact) mass is 335 g/mol. The maximum Gasteiger partial charge on any atom is 0.223 e. The molecule has 0 aliphatic carbocycles. The Morgan fingerprint density at radius 1 is 1.00 bits per heavy atom. The van der Waals surface area contributed by atoms with Crippen LogP contribution in [0.5, 0.6) is 0 Å². The molecule has 0 unspecified atom stereocenters. The normalized spacial score (nSPS) is 16.2. The minimum Gasteiger partial charge on any atom is -0.340 e. The maximum absolute atomic E-state index is 9.32. The molecule has 1 heterocycles. The van der Waals surface area contributed by atoms with Gasteiger partial charge in [-0.1, -0.05) is 55.5 Å². The van der Waals surface area contributed by atoms with E-state index in [-0.39, 0.29) is 0 Å². The summed E-state index contributed by atoms with van der Waals surface area (Å²) in [5.74, 6) is -0.918. The minimum atomic E-state index is -0.918. The van der Waals surface area contributed by atoms with Crippen LogP contribution in [0.25, 0.3) is 10.8 Å². The van der Waals surface area contributed by atoms with Crippen LogP contribution < -0.4 is 5.48 Å². The van der Waals surface area contributed by atoms with Gasteiger partial charge in [-0.2, -0.15) is 0 Å². The topological polar surface area (TPSA) is 50.7 Å². The molecule has 4 heteroatoms. The molecule has 0 radical (unpaired) electrons. The van der Waals surface area contributed by atoms with E-state index in [0.717, 1.165) is 33.9 Å². The quantitative estimate of drug-likeness (QED) is 0.692. The average Bonchev–Trinajstić information content (AvgIpc) is 3.18. The molecule has 1 saturated heterocycles. The van der Waals surface area contributed by atoms with Crippen molar-refractivity contribution in [3.63, 3.8) is 0 Å². The molecule has 1 aliphatic heterocycles. The van der Waals surface area contributed by atoms with Crippen molar-refractivity contribution in [3.8, 4) is 0 Å². The summed E-state index contributed by atoms with van der Waals surface area (Å²) in [5, 5.41) is 11.6. The predicted octanol–water partition coefficient (Wildman–Crippen LogP) is 4.45. The first-order valence-electron chi connectivity index (χ1n) is 8.58. The van der Waals surface area contributed by atoms with E-state index in [4.69, 9.17) is 9.47 Å². The van der Waals surface area contributed by atoms with Gasteiger partial charge < -0.3 is 9.47 Å². The lowest BCUT2D eigenvalue weighted by Gasteiger charge is -2.30. The van der Waals surface area contributed by atoms with Crippen LogP contribution in [0.3, 0.4) is 0 Å². The molecule has 0 bridgehead atoms. The summed E-state index contributed by atoms with van der Waals surface area (Å²) in [6.45, 7) is 3.15. The lowest BCUT2D eigenvalue weighted by atomic mass is 9.91. The standard InChI is InChI=1S/C21H21NO3/c1-2-15-14-17(10-11-20(15)22-23)21(24-12-13-25-21)19-9-5-7-16-6-3-4-8-18(16)19/h3-11,14,22-23H,2,12-13H2,1H3. The molecule has 3 aromatic carbocycles. The second-order valence-electron chi connectivity index (χ2n) is 6.18. The second kappa shape index (κ2) is 6.48. The Kier molecular flexibility index (Phi) is 4.17. The molecule has 4 nitrogen and oxygen atoms in total. The van der Waals surface area contributed by atoms with E-state index < -0.39 is 5.79 Å². The highest BCUT2D eigenvalue weighted by atomic mass is 16.7. The van der Waals surface area contributed by atoms with Crippen LogP contribution in [-0.2, 0) is 21.7 Å². The van der Waals surface area contributed by atoms with Gasteiger partial charge in [0, 0.05) is 11.1 Å². The van der Waals surface area contributed by atoms with Crippen molar-refractivity contribution in [2.75, 3.05) is 18.7 Å². The van der Waals surface area contributed by atoms with Crippen LogP contribution in [0.1, 0.15) is 23.6 Å². The lowest BCUT2D eigenvalue weighted by Crippen LogP contribution is -2.29. The van der Waals surface area contributed by atoms with Gasteiger partial charge in [-0.15, -0.1) is 0 Å². The predicted molar refractivity (Wildman–Crippen MR) is 97.9 cm³/mol. The van der Waals surface area contributed by atoms with Gasteiger partial charge in [-0.3, -0.25) is 10.7 Å². The van der Waals surface area contributed by atoms with Gasteiger partial charge in [0.25, 0.3) is 0 Å². The zero-order valence-electron chi connectivity index (χ0n) is 14.2. The number of benzene rings is 3. The van der Waals surface area contributed by atoms with Crippen LogP contribution >= 0.6 is 0 Å². The minimum absolute atomic E-state index is 0.546. The highest BCUT2D eigenvalue weighted by Crippen LogP contribution is 2.42. The summed E-state index contributed by atoms with van der Waals surface area (Å²) in [5.41, 5.74) is 5.93. The van der Waals surface area contributed by atoms with Crippen molar-refractivity contribution in [2.24, 2.45) is 0 Å². The van der Waals surface area contributed by atoms with Gasteiger partial charge >= 0.3 is 0 Å². The zero-order chi connectivity index (χ0) is 17.3. The van der Waals surface area contributed by atoms with E-state index in [1.54, 1.807) is 0 Å². The highest BCUT2D eigenvalue weighted by Gasteiger charge is 2.42. The summed E-state index contributed by atoms with van der Waals surface area (Å²) >= 11 is 0. The molecule has 4 rings (SSSR count). The SMILES string of the molecule is CCc1cc(C2(c3cccc4ccccc34)OCCO2)ccc1NO. The molecule has 3 aromatic rings. The summed E-state index contributed by atoms with van der Waals surface area (Å²) in [7, 11) is 0. The van der Waals surface area contributed by atoms with Crippen molar-refractivity contribution in [2.45, 2.75) is 19.1 Å². The van der Waals surface area contributed by atoms with E-state index in [0.29, 0.717) is 18.9 Å². The summed E-state index contributed by atoms with van der Waals surface area (Å²) in [4.78, 5) is 0. The Balaban J connectivity index is 1.94. The first kappa shape index (κ1) is 16.1. The molecule has 0 atom stereocenters. The average molecular weight is 335 g/mol. The molecule has 1 fully saturated rings. The third-order valence-electron chi connectivity index (χ3n) is 4.82. The van der Waals surface area contributed by atoms with Crippen molar-refractivity contribution >= 4 is 16.5 Å². The van der Waals surface area contributed by atoms with E-state index >= 15 is 0 Å². The van der Waals surface area contributed by atoms with Gasteiger partial charge in [-0.05, 0) is 34.9 Å². The number of rotatable bonds is 4. The van der Waals surface area contributed by atoms with Crippen molar-refractivity contribution in [1.82, 2.24) is 0 Å². The van der Waals surface area contributed by atoms with E-state index in [1.165, 1.54) is 0 Å². The molecule has 2 N–H and O–H groups in total.